The van der Waals surface area contributed by atoms with Gasteiger partial charge in [0.05, 0.1) is 77.4 Å². The summed E-state index contributed by atoms with van der Waals surface area (Å²) in [6.07, 6.45) is 0. The van der Waals surface area contributed by atoms with Crippen LogP contribution in [0.1, 0.15) is 11.1 Å². The Morgan fingerprint density at radius 1 is 0.286 bits per heavy atom. The van der Waals surface area contributed by atoms with Gasteiger partial charge >= 0.3 is 0 Å². The summed E-state index contributed by atoms with van der Waals surface area (Å²) < 4.78 is 26.8. The van der Waals surface area contributed by atoms with Crippen molar-refractivity contribution in [3.8, 4) is 29.2 Å². The zero-order chi connectivity index (χ0) is 45.9. The number of aromatic nitrogens is 3. The van der Waals surface area contributed by atoms with Crippen LogP contribution in [-0.4, -0.2) is 13.7 Å². The predicted molar refractivity (Wildman–Crippen MR) is 281 cm³/mol. The Morgan fingerprint density at radius 2 is 0.586 bits per heavy atom. The molecular weight excluding hydrogens is 863 g/mol. The van der Waals surface area contributed by atoms with E-state index in [1.54, 1.807) is 6.07 Å². The van der Waals surface area contributed by atoms with E-state index >= 15 is 0 Å². The first-order chi connectivity index (χ1) is 34.7. The number of hydrogen-bond acceptors (Lipinski definition) is 5. The van der Waals surface area contributed by atoms with Crippen molar-refractivity contribution in [2.75, 3.05) is 0 Å². The fraction of sp³-hybridized carbons (Fsp3) is 0. The quantitative estimate of drug-likeness (QED) is 0.176. The summed E-state index contributed by atoms with van der Waals surface area (Å²) in [7, 11) is 0. The largest absolute Gasteiger partial charge is 0.456 e. The maximum atomic E-state index is 11.8. The Balaban J connectivity index is 1.24. The second-order valence-corrected chi connectivity index (χ2v) is 18.1. The van der Waals surface area contributed by atoms with E-state index in [-0.39, 0.29) is 0 Å². The molecule has 10 aromatic carbocycles. The third-order valence-corrected chi connectivity index (χ3v) is 14.7. The second kappa shape index (κ2) is 13.3. The van der Waals surface area contributed by atoms with Gasteiger partial charge in [0.25, 0.3) is 0 Å². The molecule has 0 aliphatic carbocycles. The molecule has 16 aromatic rings. The lowest BCUT2D eigenvalue weighted by Crippen LogP contribution is -2.13. The van der Waals surface area contributed by atoms with E-state index in [0.717, 1.165) is 131 Å². The van der Waals surface area contributed by atoms with Crippen molar-refractivity contribution in [3.05, 3.63) is 199 Å². The summed E-state index contributed by atoms with van der Waals surface area (Å²) in [5, 5.41) is 35.3. The summed E-state index contributed by atoms with van der Waals surface area (Å²) >= 11 is 0. The minimum atomic E-state index is 0.331. The van der Waals surface area contributed by atoms with Crippen molar-refractivity contribution in [3.63, 3.8) is 0 Å². The monoisotopic (exact) mass is 893 g/mol. The third kappa shape index (κ3) is 4.57. The standard InChI is InChI=1S/C62H31N5O3/c63-32-34-31-35(33-64)58(66-46-20-8-2-14-37(46)40-26-29-52-55(60(40)66)43-17-5-11-23-49(43)69-52)62(67-47-21-9-3-15-38(47)41-27-30-53-56(61(41)67)44-18-6-12-24-50(44)70-53)57(34)65-45-19-7-1-13-36(45)39-25-28-51-54(59(39)65)42-16-4-10-22-48(42)68-51/h1-31H. The molecule has 70 heavy (non-hydrogen) atoms. The number of furan rings is 3. The minimum Gasteiger partial charge on any atom is -0.456 e. The minimum absolute atomic E-state index is 0.331. The van der Waals surface area contributed by atoms with Crippen LogP contribution in [0.5, 0.6) is 0 Å². The molecule has 8 heteroatoms. The fourth-order valence-electron chi connectivity index (χ4n) is 12.0. The molecule has 0 unspecified atom stereocenters. The molecule has 0 saturated carbocycles. The van der Waals surface area contributed by atoms with Crippen molar-refractivity contribution < 1.29 is 13.3 Å². The number of fused-ring (bicyclic) bond motifs is 21. The van der Waals surface area contributed by atoms with Crippen molar-refractivity contribution in [1.29, 1.82) is 10.5 Å². The molecule has 0 amide bonds. The van der Waals surface area contributed by atoms with Gasteiger partial charge in [-0.15, -0.1) is 0 Å². The van der Waals surface area contributed by atoms with Gasteiger partial charge in [0.15, 0.2) is 0 Å². The first-order valence-electron chi connectivity index (χ1n) is 23.2. The van der Waals surface area contributed by atoms with Crippen LogP contribution in [-0.2, 0) is 0 Å². The van der Waals surface area contributed by atoms with Gasteiger partial charge in [-0.3, -0.25) is 0 Å². The maximum absolute atomic E-state index is 11.8. The second-order valence-electron chi connectivity index (χ2n) is 18.1. The summed E-state index contributed by atoms with van der Waals surface area (Å²) in [5.41, 5.74) is 12.4. The first kappa shape index (κ1) is 37.1. The molecular formula is C62H31N5O3. The molecule has 0 radical (unpaired) electrons. The highest BCUT2D eigenvalue weighted by Gasteiger charge is 2.32. The molecule has 0 aliphatic rings. The zero-order valence-corrected chi connectivity index (χ0v) is 36.9. The Kier molecular flexibility index (Phi) is 7.06. The Morgan fingerprint density at radius 3 is 0.929 bits per heavy atom. The molecule has 0 saturated heterocycles. The maximum Gasteiger partial charge on any atom is 0.137 e. The van der Waals surface area contributed by atoms with Crippen LogP contribution in [0.25, 0.3) is 148 Å². The van der Waals surface area contributed by atoms with Crippen molar-refractivity contribution in [1.82, 2.24) is 13.7 Å². The fourth-order valence-corrected chi connectivity index (χ4v) is 12.0. The van der Waals surface area contributed by atoms with Crippen LogP contribution in [0.3, 0.4) is 0 Å². The lowest BCUT2D eigenvalue weighted by Gasteiger charge is -2.24. The SMILES string of the molecule is N#Cc1cc(C#N)c(-n2c3ccccc3c3ccc4oc5ccccc5c4c32)c(-n2c3ccccc3c3ccc4oc5ccccc5c4c32)c1-n1c2ccccc2c2ccc3oc4ccccc4c3c21. The number of rotatable bonds is 3. The molecule has 0 spiro atoms. The lowest BCUT2D eigenvalue weighted by molar-refractivity contribution is 0.668. The van der Waals surface area contributed by atoms with E-state index in [1.165, 1.54) is 0 Å². The molecule has 6 heterocycles. The van der Waals surface area contributed by atoms with Gasteiger partial charge in [-0.2, -0.15) is 10.5 Å². The van der Waals surface area contributed by atoms with Crippen LogP contribution in [0.15, 0.2) is 201 Å². The number of para-hydroxylation sites is 6. The van der Waals surface area contributed by atoms with Gasteiger partial charge in [-0.05, 0) is 78.9 Å². The van der Waals surface area contributed by atoms with Gasteiger partial charge in [-0.25, -0.2) is 0 Å². The van der Waals surface area contributed by atoms with E-state index in [9.17, 15) is 10.5 Å². The molecule has 6 aromatic heterocycles. The number of nitriles is 2. The number of hydrogen-bond donors (Lipinski definition) is 0. The van der Waals surface area contributed by atoms with Crippen LogP contribution in [0.4, 0.5) is 0 Å². The number of nitrogens with zero attached hydrogens (tertiary/aromatic N) is 5. The molecule has 0 atom stereocenters. The van der Waals surface area contributed by atoms with Crippen LogP contribution < -0.4 is 0 Å². The van der Waals surface area contributed by atoms with Crippen LogP contribution >= 0.6 is 0 Å². The van der Waals surface area contributed by atoms with Crippen molar-refractivity contribution in [2.45, 2.75) is 0 Å². The van der Waals surface area contributed by atoms with E-state index in [0.29, 0.717) is 28.2 Å². The van der Waals surface area contributed by atoms with E-state index in [1.807, 2.05) is 66.7 Å². The van der Waals surface area contributed by atoms with Gasteiger partial charge in [-0.1, -0.05) is 109 Å². The Bertz CT molecular complexity index is 4890. The highest BCUT2D eigenvalue weighted by Crippen LogP contribution is 2.50. The van der Waals surface area contributed by atoms with Gasteiger partial charge in [0.1, 0.15) is 45.6 Å². The molecule has 8 nitrogen and oxygen atoms in total. The van der Waals surface area contributed by atoms with Crippen LogP contribution in [0, 0.1) is 22.7 Å². The first-order valence-corrected chi connectivity index (χ1v) is 23.2. The van der Waals surface area contributed by atoms with Crippen molar-refractivity contribution in [2.24, 2.45) is 0 Å². The van der Waals surface area contributed by atoms with E-state index < -0.39 is 0 Å². The summed E-state index contributed by atoms with van der Waals surface area (Å²) in [5.74, 6) is 0. The average molecular weight is 894 g/mol. The number of benzene rings is 10. The molecule has 0 N–H and O–H groups in total. The molecule has 0 fully saturated rings. The average Bonchev–Trinajstić information content (AvgIpc) is 4.26. The third-order valence-electron chi connectivity index (χ3n) is 14.7. The smallest absolute Gasteiger partial charge is 0.137 e. The van der Waals surface area contributed by atoms with Gasteiger partial charge in [0.2, 0.25) is 0 Å². The Labute approximate surface area is 395 Å². The molecule has 16 rings (SSSR count). The van der Waals surface area contributed by atoms with Gasteiger partial charge < -0.3 is 27.0 Å². The predicted octanol–water partition coefficient (Wildman–Crippen LogP) is 16.4. The summed E-state index contributed by atoms with van der Waals surface area (Å²) in [6, 6.07) is 69.3. The molecule has 322 valence electrons. The van der Waals surface area contributed by atoms with Crippen LogP contribution in [0.2, 0.25) is 0 Å². The lowest BCUT2D eigenvalue weighted by atomic mass is 10.0. The molecule has 0 bridgehead atoms. The zero-order valence-electron chi connectivity index (χ0n) is 36.9. The van der Waals surface area contributed by atoms with Gasteiger partial charge in [0, 0.05) is 48.5 Å². The normalized spacial score (nSPS) is 12.3. The molecule has 0 aliphatic heterocycles. The highest BCUT2D eigenvalue weighted by molar-refractivity contribution is 6.28. The summed E-state index contributed by atoms with van der Waals surface area (Å²) in [4.78, 5) is 0. The van der Waals surface area contributed by atoms with E-state index in [2.05, 4.69) is 141 Å². The topological polar surface area (TPSA) is 102 Å². The highest BCUT2D eigenvalue weighted by atomic mass is 16.3. The van der Waals surface area contributed by atoms with Crippen molar-refractivity contribution >= 4 is 131 Å². The van der Waals surface area contributed by atoms with E-state index in [4.69, 9.17) is 13.3 Å². The summed E-state index contributed by atoms with van der Waals surface area (Å²) in [6.45, 7) is 0. The Hall–Kier alpha value is -10.0.